The third-order valence-corrected chi connectivity index (χ3v) is 10.5. The number of fused-ring (bicyclic) bond motifs is 1. The number of benzene rings is 3. The zero-order valence-electron chi connectivity index (χ0n) is 24.4. The molecule has 0 radical (unpaired) electrons. The summed E-state index contributed by atoms with van der Waals surface area (Å²) in [6, 6.07) is 20.8. The number of carbonyl (C=O) groups is 2. The molecule has 3 aromatic carbocycles. The fraction of sp³-hybridized carbons (Fsp3) is 0.242. The average molecular weight is 643 g/mol. The lowest BCUT2D eigenvalue weighted by Crippen LogP contribution is -2.31. The number of Topliss-reactive ketones (excluding diaryl/α,β-unsaturated/α-hetero) is 1. The van der Waals surface area contributed by atoms with Gasteiger partial charge in [-0.05, 0) is 54.3 Å². The number of ether oxygens (including phenoxy) is 1. The molecule has 0 aliphatic carbocycles. The Morgan fingerprint density at radius 3 is 2.64 bits per heavy atom. The number of nitrogens with zero attached hydrogens (tertiary/aromatic N) is 4. The number of hydrogen-bond donors (Lipinski definition) is 1. The maximum Gasteiger partial charge on any atom is 0.296 e. The van der Waals surface area contributed by atoms with Crippen molar-refractivity contribution in [1.82, 2.24) is 15.2 Å². The molecule has 1 N–H and O–H groups in total. The smallest absolute Gasteiger partial charge is 0.296 e. The summed E-state index contributed by atoms with van der Waals surface area (Å²) in [4.78, 5) is 33.8. The standard InChI is InChI=1S/C33H30N4O4S3/c1-4-5-16-41-24-14-9-12-22(17-24)27-26(28(38)30-19(2)34-20(3)43-30)29(39)31(40)37(27)32-35-36-33(44-32)42-18-23-13-8-11-21-10-6-7-15-25(21)23/h6-15,17,27,39H,4-5,16,18H2,1-3H3. The normalized spacial score (nSPS) is 15.0. The van der Waals surface area contributed by atoms with Gasteiger partial charge in [-0.25, -0.2) is 4.98 Å². The number of unbranched alkanes of at least 4 members (excludes halogenated alkanes) is 1. The summed E-state index contributed by atoms with van der Waals surface area (Å²) < 4.78 is 6.62. The average Bonchev–Trinajstić information content (AvgIpc) is 3.71. The van der Waals surface area contributed by atoms with Crippen molar-refractivity contribution in [2.45, 2.75) is 49.7 Å². The lowest BCUT2D eigenvalue weighted by molar-refractivity contribution is -0.117. The van der Waals surface area contributed by atoms with Gasteiger partial charge in [0, 0.05) is 5.75 Å². The molecule has 8 nitrogen and oxygen atoms in total. The van der Waals surface area contributed by atoms with Crippen LogP contribution in [0, 0.1) is 13.8 Å². The van der Waals surface area contributed by atoms with Gasteiger partial charge in [-0.3, -0.25) is 14.5 Å². The summed E-state index contributed by atoms with van der Waals surface area (Å²) in [5.74, 6) is -0.435. The van der Waals surface area contributed by atoms with Crippen molar-refractivity contribution in [3.63, 3.8) is 0 Å². The van der Waals surface area contributed by atoms with Crippen molar-refractivity contribution in [2.75, 3.05) is 11.5 Å². The summed E-state index contributed by atoms with van der Waals surface area (Å²) in [5.41, 5.74) is 2.34. The number of aryl methyl sites for hydroxylation is 2. The van der Waals surface area contributed by atoms with E-state index in [0.29, 0.717) is 43.7 Å². The molecule has 1 unspecified atom stereocenters. The van der Waals surface area contributed by atoms with Gasteiger partial charge in [0.05, 0.1) is 33.8 Å². The lowest BCUT2D eigenvalue weighted by atomic mass is 9.95. The van der Waals surface area contributed by atoms with Crippen molar-refractivity contribution in [2.24, 2.45) is 0 Å². The Hall–Kier alpha value is -4.06. The van der Waals surface area contributed by atoms with Crippen molar-refractivity contribution in [3.05, 3.63) is 105 Å². The van der Waals surface area contributed by atoms with Crippen LogP contribution in [-0.4, -0.2) is 38.6 Å². The first-order valence-corrected chi connectivity index (χ1v) is 16.9. The first-order valence-electron chi connectivity index (χ1n) is 14.3. The predicted octanol–water partition coefficient (Wildman–Crippen LogP) is 8.02. The Morgan fingerprint density at radius 1 is 1.05 bits per heavy atom. The second-order valence-electron chi connectivity index (χ2n) is 10.4. The lowest BCUT2D eigenvalue weighted by Gasteiger charge is -2.24. The van der Waals surface area contributed by atoms with Gasteiger partial charge in [0.25, 0.3) is 5.91 Å². The molecular formula is C33H30N4O4S3. The molecule has 1 amide bonds. The van der Waals surface area contributed by atoms with Crippen LogP contribution >= 0.6 is 34.4 Å². The number of amides is 1. The van der Waals surface area contributed by atoms with Gasteiger partial charge in [0.1, 0.15) is 5.75 Å². The molecule has 11 heteroatoms. The van der Waals surface area contributed by atoms with Gasteiger partial charge >= 0.3 is 0 Å². The molecule has 5 aromatic rings. The van der Waals surface area contributed by atoms with Crippen LogP contribution in [0.2, 0.25) is 0 Å². The molecule has 0 saturated carbocycles. The molecule has 0 fully saturated rings. The zero-order valence-corrected chi connectivity index (χ0v) is 26.9. The monoisotopic (exact) mass is 642 g/mol. The molecule has 1 aliphatic heterocycles. The van der Waals surface area contributed by atoms with Gasteiger partial charge in [0.2, 0.25) is 10.9 Å². The second-order valence-corrected chi connectivity index (χ2v) is 13.8. The van der Waals surface area contributed by atoms with Crippen LogP contribution in [0.25, 0.3) is 10.8 Å². The van der Waals surface area contributed by atoms with E-state index in [9.17, 15) is 14.7 Å². The third kappa shape index (κ3) is 5.87. The minimum Gasteiger partial charge on any atom is -0.503 e. The predicted molar refractivity (Wildman–Crippen MR) is 176 cm³/mol. The van der Waals surface area contributed by atoms with E-state index in [0.717, 1.165) is 17.8 Å². The number of aliphatic hydroxyl groups is 1. The summed E-state index contributed by atoms with van der Waals surface area (Å²) in [6.07, 6.45) is 1.89. The van der Waals surface area contributed by atoms with Crippen LogP contribution in [0.3, 0.4) is 0 Å². The van der Waals surface area contributed by atoms with Crippen LogP contribution in [0.5, 0.6) is 5.75 Å². The maximum atomic E-state index is 14.0. The van der Waals surface area contributed by atoms with E-state index >= 15 is 0 Å². The van der Waals surface area contributed by atoms with Crippen molar-refractivity contribution >= 4 is 62.0 Å². The number of thioether (sulfide) groups is 1. The number of ketones is 1. The number of aromatic nitrogens is 3. The molecule has 1 atom stereocenters. The van der Waals surface area contributed by atoms with E-state index in [4.69, 9.17) is 4.74 Å². The highest BCUT2D eigenvalue weighted by Crippen LogP contribution is 2.45. The van der Waals surface area contributed by atoms with Crippen LogP contribution < -0.4 is 9.64 Å². The van der Waals surface area contributed by atoms with E-state index in [1.807, 2.05) is 49.4 Å². The largest absolute Gasteiger partial charge is 0.503 e. The zero-order chi connectivity index (χ0) is 30.8. The molecule has 44 heavy (non-hydrogen) atoms. The van der Waals surface area contributed by atoms with Gasteiger partial charge in [0.15, 0.2) is 10.1 Å². The fourth-order valence-corrected chi connectivity index (χ4v) is 7.98. The first-order chi connectivity index (χ1) is 21.4. The molecule has 3 heterocycles. The van der Waals surface area contributed by atoms with Crippen LogP contribution in [0.1, 0.15) is 57.3 Å². The fourth-order valence-electron chi connectivity index (χ4n) is 5.24. The minimum absolute atomic E-state index is 0.00684. The highest BCUT2D eigenvalue weighted by molar-refractivity contribution is 8.00. The Morgan fingerprint density at radius 2 is 1.84 bits per heavy atom. The summed E-state index contributed by atoms with van der Waals surface area (Å²) in [7, 11) is 0. The number of hydrogen-bond acceptors (Lipinski definition) is 10. The van der Waals surface area contributed by atoms with E-state index in [2.05, 4.69) is 46.4 Å². The molecule has 2 aromatic heterocycles. The Bertz CT molecular complexity index is 1890. The molecule has 0 saturated heterocycles. The summed E-state index contributed by atoms with van der Waals surface area (Å²) in [5, 5.41) is 23.3. The molecule has 1 aliphatic rings. The molecule has 224 valence electrons. The van der Waals surface area contributed by atoms with E-state index in [1.54, 1.807) is 6.92 Å². The van der Waals surface area contributed by atoms with Crippen LogP contribution in [0.4, 0.5) is 5.13 Å². The molecule has 6 rings (SSSR count). The first kappa shape index (κ1) is 30.0. The summed E-state index contributed by atoms with van der Waals surface area (Å²) >= 11 is 4.02. The topological polar surface area (TPSA) is 106 Å². The highest BCUT2D eigenvalue weighted by Gasteiger charge is 2.46. The second kappa shape index (κ2) is 12.9. The number of thiazole rings is 1. The molecule has 0 spiro atoms. The van der Waals surface area contributed by atoms with E-state index in [1.165, 1.54) is 55.7 Å². The Kier molecular flexibility index (Phi) is 8.79. The number of carbonyl (C=O) groups excluding carboxylic acids is 2. The Balaban J connectivity index is 1.34. The number of rotatable bonds is 11. The highest BCUT2D eigenvalue weighted by atomic mass is 32.2. The van der Waals surface area contributed by atoms with Gasteiger partial charge < -0.3 is 9.84 Å². The third-order valence-electron chi connectivity index (χ3n) is 7.34. The number of aliphatic hydroxyl groups excluding tert-OH is 1. The molecular weight excluding hydrogens is 613 g/mol. The summed E-state index contributed by atoms with van der Waals surface area (Å²) in [6.45, 7) is 6.21. The van der Waals surface area contributed by atoms with Gasteiger partial charge in [-0.2, -0.15) is 0 Å². The van der Waals surface area contributed by atoms with Crippen molar-refractivity contribution in [1.29, 1.82) is 0 Å². The van der Waals surface area contributed by atoms with E-state index in [-0.39, 0.29) is 5.57 Å². The number of anilines is 1. The van der Waals surface area contributed by atoms with Crippen molar-refractivity contribution in [3.8, 4) is 5.75 Å². The minimum atomic E-state index is -0.921. The Labute approximate surface area is 267 Å². The quantitative estimate of drug-likeness (QED) is 0.0668. The SMILES string of the molecule is CCCCOc1cccc(C2C(C(=O)c3sc(C)nc3C)=C(O)C(=O)N2c2nnc(SCc3cccc4ccccc34)s2)c1. The van der Waals surface area contributed by atoms with Crippen LogP contribution in [-0.2, 0) is 10.5 Å². The maximum absolute atomic E-state index is 14.0. The van der Waals surface area contributed by atoms with E-state index < -0.39 is 23.5 Å². The van der Waals surface area contributed by atoms with Gasteiger partial charge in [-0.1, -0.05) is 91.0 Å². The molecule has 0 bridgehead atoms. The van der Waals surface area contributed by atoms with Crippen molar-refractivity contribution < 1.29 is 19.4 Å². The van der Waals surface area contributed by atoms with Gasteiger partial charge in [-0.15, -0.1) is 21.5 Å². The van der Waals surface area contributed by atoms with Crippen LogP contribution in [0.15, 0.2) is 82.4 Å².